The lowest BCUT2D eigenvalue weighted by atomic mass is 9.98. The number of unbranched alkanes of at least 4 members (excludes halogenated alkanes) is 42. The third-order valence-corrected chi connectivity index (χ3v) is 15.4. The van der Waals surface area contributed by atoms with E-state index in [9.17, 15) is 40.5 Å². The molecule has 0 spiro atoms. The fourth-order valence-electron chi connectivity index (χ4n) is 10.4. The SMILES string of the molecule is CCCCCCCCCCCCCCCCCCCCCCCCCCC(O)C(=O)NC(COC1OC(CO)C(O)C(O)C1O)C(O)C(O)CCCCCCCCCCCCCCCCCCCCCC. The van der Waals surface area contributed by atoms with E-state index in [0.29, 0.717) is 19.3 Å². The van der Waals surface area contributed by atoms with Crippen LogP contribution in [0.2, 0.25) is 0 Å². The van der Waals surface area contributed by atoms with E-state index in [1.807, 2.05) is 0 Å². The van der Waals surface area contributed by atoms with Gasteiger partial charge in [-0.05, 0) is 12.8 Å². The van der Waals surface area contributed by atoms with Crippen LogP contribution >= 0.6 is 0 Å². The van der Waals surface area contributed by atoms with Gasteiger partial charge in [0.2, 0.25) is 5.91 Å². The van der Waals surface area contributed by atoms with Crippen LogP contribution in [0.15, 0.2) is 0 Å². The molecule has 9 unspecified atom stereocenters. The molecule has 9 atom stereocenters. The summed E-state index contributed by atoms with van der Waals surface area (Å²) in [5.41, 5.74) is 0. The number of carbonyl (C=O) groups excluding carboxylic acids is 1. The molecule has 1 aliphatic rings. The molecule has 0 aromatic rings. The zero-order valence-corrected chi connectivity index (χ0v) is 46.5. The standard InChI is InChI=1S/C60H119NO10/c1-3-5-7-9-11-13-15-17-19-21-23-25-26-27-28-30-32-34-36-38-40-42-44-46-48-53(64)59(69)61-51(50-70-60-58(68)57(67)56(66)54(49-62)71-60)55(65)52(63)47-45-43-41-39-37-35-33-31-29-24-22-20-18-16-14-12-10-8-6-4-2/h51-58,60,62-68H,3-50H2,1-2H3,(H,61,69). The summed E-state index contributed by atoms with van der Waals surface area (Å²) < 4.78 is 11.2. The van der Waals surface area contributed by atoms with Gasteiger partial charge in [-0.1, -0.05) is 296 Å². The van der Waals surface area contributed by atoms with E-state index in [1.165, 1.54) is 231 Å². The monoisotopic (exact) mass is 1010 g/mol. The molecule has 0 aromatic heterocycles. The Labute approximate surface area is 437 Å². The third kappa shape index (κ3) is 38.3. The van der Waals surface area contributed by atoms with Crippen LogP contribution in [0.5, 0.6) is 0 Å². The first-order valence-electron chi connectivity index (χ1n) is 30.9. The summed E-state index contributed by atoms with van der Waals surface area (Å²) in [5, 5.41) is 76.3. The molecule has 1 heterocycles. The molecule has 0 bridgehead atoms. The average molecular weight is 1010 g/mol. The van der Waals surface area contributed by atoms with Gasteiger partial charge in [0, 0.05) is 0 Å². The third-order valence-electron chi connectivity index (χ3n) is 15.4. The van der Waals surface area contributed by atoms with Gasteiger partial charge in [-0.3, -0.25) is 4.79 Å². The van der Waals surface area contributed by atoms with Gasteiger partial charge in [-0.15, -0.1) is 0 Å². The summed E-state index contributed by atoms with van der Waals surface area (Å²) >= 11 is 0. The summed E-state index contributed by atoms with van der Waals surface area (Å²) in [7, 11) is 0. The Morgan fingerprint density at radius 2 is 0.732 bits per heavy atom. The molecule has 11 heteroatoms. The van der Waals surface area contributed by atoms with E-state index in [-0.39, 0.29) is 6.42 Å². The van der Waals surface area contributed by atoms with Crippen molar-refractivity contribution in [3.05, 3.63) is 0 Å². The van der Waals surface area contributed by atoms with Crippen LogP contribution in [0.25, 0.3) is 0 Å². The van der Waals surface area contributed by atoms with Crippen molar-refractivity contribution in [1.82, 2.24) is 5.32 Å². The Morgan fingerprint density at radius 1 is 0.437 bits per heavy atom. The maximum absolute atomic E-state index is 13.2. The Kier molecular flexibility index (Phi) is 47.9. The summed E-state index contributed by atoms with van der Waals surface area (Å²) in [5.74, 6) is -0.688. The van der Waals surface area contributed by atoms with Crippen LogP contribution in [0.1, 0.15) is 309 Å². The predicted molar refractivity (Wildman–Crippen MR) is 293 cm³/mol. The van der Waals surface area contributed by atoms with Crippen molar-refractivity contribution in [1.29, 1.82) is 0 Å². The number of carbonyl (C=O) groups is 1. The van der Waals surface area contributed by atoms with E-state index >= 15 is 0 Å². The van der Waals surface area contributed by atoms with Crippen molar-refractivity contribution in [3.8, 4) is 0 Å². The molecule has 424 valence electrons. The molecule has 8 N–H and O–H groups in total. The van der Waals surface area contributed by atoms with Gasteiger partial charge in [-0.25, -0.2) is 0 Å². The molecule has 0 radical (unpaired) electrons. The number of hydrogen-bond donors (Lipinski definition) is 8. The highest BCUT2D eigenvalue weighted by molar-refractivity contribution is 5.80. The fourth-order valence-corrected chi connectivity index (χ4v) is 10.4. The Hall–Kier alpha value is -0.890. The number of rotatable bonds is 54. The maximum Gasteiger partial charge on any atom is 0.249 e. The van der Waals surface area contributed by atoms with Gasteiger partial charge in [0.05, 0.1) is 25.4 Å². The molecule has 1 aliphatic heterocycles. The first-order chi connectivity index (χ1) is 34.7. The number of ether oxygens (including phenoxy) is 2. The minimum Gasteiger partial charge on any atom is -0.394 e. The molecule has 1 amide bonds. The lowest BCUT2D eigenvalue weighted by molar-refractivity contribution is -0.303. The second-order valence-electron chi connectivity index (χ2n) is 22.1. The number of aliphatic hydroxyl groups excluding tert-OH is 7. The van der Waals surface area contributed by atoms with Crippen LogP contribution in [0, 0.1) is 0 Å². The molecular weight excluding hydrogens is 895 g/mol. The van der Waals surface area contributed by atoms with Crippen molar-refractivity contribution in [3.63, 3.8) is 0 Å². The fraction of sp³-hybridized carbons (Fsp3) is 0.983. The molecule has 71 heavy (non-hydrogen) atoms. The minimum atomic E-state index is -1.66. The highest BCUT2D eigenvalue weighted by Gasteiger charge is 2.44. The van der Waals surface area contributed by atoms with Gasteiger partial charge in [0.1, 0.15) is 36.6 Å². The number of hydrogen-bond acceptors (Lipinski definition) is 10. The van der Waals surface area contributed by atoms with Crippen molar-refractivity contribution in [2.45, 2.75) is 364 Å². The average Bonchev–Trinajstić information content (AvgIpc) is 3.37. The van der Waals surface area contributed by atoms with E-state index in [2.05, 4.69) is 19.2 Å². The lowest BCUT2D eigenvalue weighted by Gasteiger charge is -2.40. The van der Waals surface area contributed by atoms with Crippen molar-refractivity contribution >= 4 is 5.91 Å². The molecule has 1 saturated heterocycles. The zero-order chi connectivity index (χ0) is 51.8. The first kappa shape index (κ1) is 68.1. The molecule has 0 saturated carbocycles. The van der Waals surface area contributed by atoms with Gasteiger partial charge < -0.3 is 50.5 Å². The molecule has 1 rings (SSSR count). The van der Waals surface area contributed by atoms with Gasteiger partial charge in [0.15, 0.2) is 6.29 Å². The topological polar surface area (TPSA) is 189 Å². The van der Waals surface area contributed by atoms with Crippen molar-refractivity contribution < 1.29 is 50.0 Å². The summed E-state index contributed by atoms with van der Waals surface area (Å²) in [6, 6.07) is -1.16. The van der Waals surface area contributed by atoms with Gasteiger partial charge in [-0.2, -0.15) is 0 Å². The molecule has 11 nitrogen and oxygen atoms in total. The van der Waals surface area contributed by atoms with Crippen LogP contribution in [-0.4, -0.2) is 110 Å². The molecular formula is C60H119NO10. The van der Waals surface area contributed by atoms with Crippen LogP contribution in [0.4, 0.5) is 0 Å². The molecule has 1 fully saturated rings. The van der Waals surface area contributed by atoms with E-state index in [0.717, 1.165) is 38.5 Å². The minimum absolute atomic E-state index is 0.267. The van der Waals surface area contributed by atoms with Crippen molar-refractivity contribution in [2.75, 3.05) is 13.2 Å². The summed E-state index contributed by atoms with van der Waals surface area (Å²) in [4.78, 5) is 13.2. The second-order valence-corrected chi connectivity index (χ2v) is 22.1. The van der Waals surface area contributed by atoms with Gasteiger partial charge >= 0.3 is 0 Å². The number of aliphatic hydroxyl groups is 7. The predicted octanol–water partition coefficient (Wildman–Crippen LogP) is 13.4. The Balaban J connectivity index is 2.26. The first-order valence-corrected chi connectivity index (χ1v) is 30.9. The van der Waals surface area contributed by atoms with Gasteiger partial charge in [0.25, 0.3) is 0 Å². The van der Waals surface area contributed by atoms with E-state index in [1.54, 1.807) is 0 Å². The lowest BCUT2D eigenvalue weighted by Crippen LogP contribution is -2.60. The quantitative estimate of drug-likeness (QED) is 0.0272. The van der Waals surface area contributed by atoms with E-state index in [4.69, 9.17) is 9.47 Å². The molecule has 0 aromatic carbocycles. The summed E-state index contributed by atoms with van der Waals surface area (Å²) in [6.07, 6.45) is 45.8. The largest absolute Gasteiger partial charge is 0.394 e. The second kappa shape index (κ2) is 50.0. The van der Waals surface area contributed by atoms with Crippen molar-refractivity contribution in [2.24, 2.45) is 0 Å². The highest BCUT2D eigenvalue weighted by atomic mass is 16.7. The van der Waals surface area contributed by atoms with Crippen LogP contribution < -0.4 is 5.32 Å². The smallest absolute Gasteiger partial charge is 0.249 e. The maximum atomic E-state index is 13.2. The zero-order valence-electron chi connectivity index (χ0n) is 46.5. The van der Waals surface area contributed by atoms with Crippen LogP contribution in [0.3, 0.4) is 0 Å². The summed E-state index contributed by atoms with van der Waals surface area (Å²) in [6.45, 7) is 3.51. The number of nitrogens with one attached hydrogen (secondary N) is 1. The van der Waals surface area contributed by atoms with Crippen LogP contribution in [-0.2, 0) is 14.3 Å². The van der Waals surface area contributed by atoms with E-state index < -0.39 is 74.2 Å². The number of amides is 1. The Morgan fingerprint density at radius 3 is 1.04 bits per heavy atom. The normalized spacial score (nSPS) is 20.0. The molecule has 0 aliphatic carbocycles. The highest BCUT2D eigenvalue weighted by Crippen LogP contribution is 2.24. The Bertz CT molecular complexity index is 1120.